The zero-order valence-electron chi connectivity index (χ0n) is 14.4. The molecule has 136 valence electrons. The van der Waals surface area contributed by atoms with Crippen molar-refractivity contribution in [2.45, 2.75) is 26.6 Å². The fourth-order valence-corrected chi connectivity index (χ4v) is 2.65. The van der Waals surface area contributed by atoms with E-state index in [1.54, 1.807) is 7.05 Å². The third-order valence-electron chi connectivity index (χ3n) is 3.87. The van der Waals surface area contributed by atoms with E-state index < -0.39 is 18.6 Å². The quantitative estimate of drug-likeness (QED) is 0.818. The van der Waals surface area contributed by atoms with Gasteiger partial charge in [0.15, 0.2) is 6.54 Å². The number of nitrogens with one attached hydrogen (secondary N) is 2. The molecule has 0 saturated heterocycles. The van der Waals surface area contributed by atoms with Gasteiger partial charge in [-0.3, -0.25) is 4.79 Å². The third-order valence-corrected chi connectivity index (χ3v) is 3.87. The first-order valence-corrected chi connectivity index (χ1v) is 7.92. The van der Waals surface area contributed by atoms with Gasteiger partial charge in [-0.25, -0.2) is 4.68 Å². The minimum atomic E-state index is -4.40. The molecule has 1 aromatic carbocycles. The number of benzene rings is 1. The van der Waals surface area contributed by atoms with E-state index in [0.29, 0.717) is 6.54 Å². The van der Waals surface area contributed by atoms with E-state index in [4.69, 9.17) is 0 Å². The van der Waals surface area contributed by atoms with E-state index in [0.717, 1.165) is 27.5 Å². The van der Waals surface area contributed by atoms with Crippen LogP contribution >= 0.6 is 0 Å². The summed E-state index contributed by atoms with van der Waals surface area (Å²) in [7, 11) is 1.77. The fraction of sp³-hybridized carbons (Fsp3) is 0.412. The maximum Gasteiger partial charge on any atom is 0.405 e. The summed E-state index contributed by atoms with van der Waals surface area (Å²) < 4.78 is 38.2. The van der Waals surface area contributed by atoms with Gasteiger partial charge < -0.3 is 10.2 Å². The minimum absolute atomic E-state index is 0.0362. The van der Waals surface area contributed by atoms with Crippen molar-refractivity contribution < 1.29 is 22.9 Å². The van der Waals surface area contributed by atoms with E-state index in [1.807, 2.05) is 54.2 Å². The van der Waals surface area contributed by atoms with Crippen molar-refractivity contribution >= 4 is 5.91 Å². The normalized spacial score (nSPS) is 12.9. The van der Waals surface area contributed by atoms with Crippen LogP contribution in [0.5, 0.6) is 0 Å². The zero-order chi connectivity index (χ0) is 18.6. The van der Waals surface area contributed by atoms with Crippen LogP contribution in [-0.2, 0) is 11.3 Å². The van der Waals surface area contributed by atoms with Gasteiger partial charge in [-0.1, -0.05) is 18.2 Å². The summed E-state index contributed by atoms with van der Waals surface area (Å²) in [6.07, 6.45) is -4.40. The highest BCUT2D eigenvalue weighted by Gasteiger charge is 2.28. The first-order chi connectivity index (χ1) is 11.7. The summed E-state index contributed by atoms with van der Waals surface area (Å²) >= 11 is 0. The van der Waals surface area contributed by atoms with Gasteiger partial charge in [0, 0.05) is 0 Å². The molecular weight excluding hydrogens is 333 g/mol. The molecule has 0 bridgehead atoms. The van der Waals surface area contributed by atoms with Gasteiger partial charge >= 0.3 is 6.18 Å². The number of amides is 1. The van der Waals surface area contributed by atoms with Crippen LogP contribution < -0.4 is 10.2 Å². The van der Waals surface area contributed by atoms with Gasteiger partial charge in [0.05, 0.1) is 29.7 Å². The summed E-state index contributed by atoms with van der Waals surface area (Å²) in [6.45, 7) is 3.00. The number of carbonyl (C=O) groups excluding carboxylic acids is 1. The van der Waals surface area contributed by atoms with Crippen molar-refractivity contribution in [2.24, 2.45) is 0 Å². The number of aryl methyl sites for hydroxylation is 1. The molecule has 2 N–H and O–H groups in total. The standard InChI is InChI=1S/C17H21F3N4O/c1-12-15(9-23(3)10-16(25)21-11-17(18,19)20)13(2)24(22-12)14-7-5-4-6-8-14/h4-8H,9-11H2,1-3H3,(H,21,25)/p+1. The number of aromatic nitrogens is 2. The topological polar surface area (TPSA) is 51.4 Å². The van der Waals surface area contributed by atoms with Gasteiger partial charge in [0.1, 0.15) is 13.1 Å². The lowest BCUT2D eigenvalue weighted by molar-refractivity contribution is -0.885. The van der Waals surface area contributed by atoms with Crippen molar-refractivity contribution in [3.05, 3.63) is 47.3 Å². The molecule has 1 heterocycles. The number of quaternary nitrogens is 1. The van der Waals surface area contributed by atoms with Crippen molar-refractivity contribution in [2.75, 3.05) is 20.1 Å². The van der Waals surface area contributed by atoms with Crippen LogP contribution in [0, 0.1) is 13.8 Å². The SMILES string of the molecule is Cc1nn(-c2ccccc2)c(C)c1C[NH+](C)CC(=O)NCC(F)(F)F. The first-order valence-electron chi connectivity index (χ1n) is 7.92. The Morgan fingerprint density at radius 3 is 2.48 bits per heavy atom. The first kappa shape index (κ1) is 19.0. The number of hydrogen-bond acceptors (Lipinski definition) is 2. The van der Waals surface area contributed by atoms with Crippen molar-refractivity contribution in [3.63, 3.8) is 0 Å². The smallest absolute Gasteiger partial charge is 0.342 e. The molecule has 0 aliphatic carbocycles. The molecule has 5 nitrogen and oxygen atoms in total. The molecule has 1 atom stereocenters. The Kier molecular flexibility index (Phi) is 5.84. The van der Waals surface area contributed by atoms with Gasteiger partial charge in [-0.05, 0) is 26.0 Å². The predicted molar refractivity (Wildman–Crippen MR) is 87.6 cm³/mol. The van der Waals surface area contributed by atoms with Gasteiger partial charge in [-0.15, -0.1) is 0 Å². The highest BCUT2D eigenvalue weighted by molar-refractivity contribution is 5.76. The Balaban J connectivity index is 2.03. The van der Waals surface area contributed by atoms with Crippen molar-refractivity contribution in [1.82, 2.24) is 15.1 Å². The van der Waals surface area contributed by atoms with Gasteiger partial charge in [-0.2, -0.15) is 18.3 Å². The van der Waals surface area contributed by atoms with Crippen LogP contribution in [0.15, 0.2) is 30.3 Å². The Bertz CT molecular complexity index is 725. The lowest BCUT2D eigenvalue weighted by Crippen LogP contribution is -3.09. The van der Waals surface area contributed by atoms with Gasteiger partial charge in [0.25, 0.3) is 5.91 Å². The number of rotatable bonds is 6. The van der Waals surface area contributed by atoms with E-state index in [2.05, 4.69) is 5.10 Å². The largest absolute Gasteiger partial charge is 0.405 e. The summed E-state index contributed by atoms with van der Waals surface area (Å²) in [6, 6.07) is 9.67. The molecule has 25 heavy (non-hydrogen) atoms. The molecule has 0 fully saturated rings. The summed E-state index contributed by atoms with van der Waals surface area (Å²) in [4.78, 5) is 12.4. The zero-order valence-corrected chi connectivity index (χ0v) is 14.4. The fourth-order valence-electron chi connectivity index (χ4n) is 2.65. The van der Waals surface area contributed by atoms with E-state index in [9.17, 15) is 18.0 Å². The monoisotopic (exact) mass is 355 g/mol. The third kappa shape index (κ3) is 5.32. The highest BCUT2D eigenvalue weighted by Crippen LogP contribution is 2.17. The maximum absolute atomic E-state index is 12.1. The molecule has 0 aliphatic heterocycles. The molecule has 8 heteroatoms. The number of carbonyl (C=O) groups is 1. The molecule has 1 unspecified atom stereocenters. The molecular formula is C17H22F3N4O+. The number of nitrogens with zero attached hydrogens (tertiary/aromatic N) is 2. The Morgan fingerprint density at radius 1 is 1.24 bits per heavy atom. The Morgan fingerprint density at radius 2 is 1.88 bits per heavy atom. The Hall–Kier alpha value is -2.35. The highest BCUT2D eigenvalue weighted by atomic mass is 19.4. The van der Waals surface area contributed by atoms with E-state index >= 15 is 0 Å². The van der Waals surface area contributed by atoms with Crippen LogP contribution in [0.2, 0.25) is 0 Å². The molecule has 0 saturated carbocycles. The summed E-state index contributed by atoms with van der Waals surface area (Å²) in [5.74, 6) is -0.624. The predicted octanol–water partition coefficient (Wildman–Crippen LogP) is 1.18. The van der Waals surface area contributed by atoms with E-state index in [-0.39, 0.29) is 6.54 Å². The second kappa shape index (κ2) is 7.69. The van der Waals surface area contributed by atoms with Crippen LogP contribution in [0.4, 0.5) is 13.2 Å². The van der Waals surface area contributed by atoms with Crippen LogP contribution in [0.25, 0.3) is 5.69 Å². The second-order valence-electron chi connectivity index (χ2n) is 6.10. The van der Waals surface area contributed by atoms with Crippen LogP contribution in [0.1, 0.15) is 17.0 Å². The maximum atomic E-state index is 12.1. The molecule has 1 amide bonds. The minimum Gasteiger partial charge on any atom is -0.342 e. The van der Waals surface area contributed by atoms with Crippen molar-refractivity contribution in [1.29, 1.82) is 0 Å². The number of likely N-dealkylation sites (N-methyl/N-ethyl adjacent to an activating group) is 1. The molecule has 0 spiro atoms. The number of para-hydroxylation sites is 1. The molecule has 1 aromatic heterocycles. The average Bonchev–Trinajstić information content (AvgIpc) is 2.81. The Labute approximate surface area is 144 Å². The molecule has 2 rings (SSSR count). The number of hydrogen-bond donors (Lipinski definition) is 2. The lowest BCUT2D eigenvalue weighted by Gasteiger charge is -2.15. The van der Waals surface area contributed by atoms with Crippen LogP contribution in [0.3, 0.4) is 0 Å². The second-order valence-corrected chi connectivity index (χ2v) is 6.10. The number of halogens is 3. The summed E-state index contributed by atoms with van der Waals surface area (Å²) in [5.41, 5.74) is 3.73. The average molecular weight is 355 g/mol. The van der Waals surface area contributed by atoms with E-state index in [1.165, 1.54) is 0 Å². The lowest BCUT2D eigenvalue weighted by atomic mass is 10.2. The summed E-state index contributed by atoms with van der Waals surface area (Å²) in [5, 5.41) is 6.43. The van der Waals surface area contributed by atoms with Crippen LogP contribution in [-0.4, -0.2) is 42.0 Å². The van der Waals surface area contributed by atoms with Gasteiger partial charge in [0.2, 0.25) is 0 Å². The van der Waals surface area contributed by atoms with Crippen molar-refractivity contribution in [3.8, 4) is 5.69 Å². The molecule has 2 aromatic rings. The molecule has 0 aliphatic rings. The number of alkyl halides is 3. The molecule has 0 radical (unpaired) electrons.